The van der Waals surface area contributed by atoms with Crippen LogP contribution >= 0.6 is 24.0 Å². The molecule has 7 nitrogen and oxygen atoms in total. The van der Waals surface area contributed by atoms with Gasteiger partial charge in [-0.15, -0.1) is 24.0 Å². The van der Waals surface area contributed by atoms with Gasteiger partial charge in [-0.2, -0.15) is 4.98 Å². The summed E-state index contributed by atoms with van der Waals surface area (Å²) in [5, 5.41) is 10.6. The Morgan fingerprint density at radius 2 is 1.69 bits per heavy atom. The summed E-state index contributed by atoms with van der Waals surface area (Å²) in [6.45, 7) is 15.8. The molecule has 0 fully saturated rings. The van der Waals surface area contributed by atoms with Gasteiger partial charge in [0, 0.05) is 51.1 Å². The minimum absolute atomic E-state index is 0. The van der Waals surface area contributed by atoms with E-state index in [9.17, 15) is 0 Å². The summed E-state index contributed by atoms with van der Waals surface area (Å²) in [7, 11) is 1.79. The van der Waals surface area contributed by atoms with E-state index in [0.29, 0.717) is 30.9 Å². The van der Waals surface area contributed by atoms with Crippen LogP contribution in [0.3, 0.4) is 0 Å². The van der Waals surface area contributed by atoms with Gasteiger partial charge in [-0.3, -0.25) is 9.89 Å². The van der Waals surface area contributed by atoms with Crippen molar-refractivity contribution < 1.29 is 4.52 Å². The molecule has 0 aliphatic rings. The van der Waals surface area contributed by atoms with Crippen LogP contribution in [0, 0.1) is 0 Å². The monoisotopic (exact) mass is 480 g/mol. The Morgan fingerprint density at radius 1 is 1.08 bits per heavy atom. The van der Waals surface area contributed by atoms with Crippen LogP contribution < -0.4 is 10.6 Å². The number of nitrogens with one attached hydrogen (secondary N) is 2. The van der Waals surface area contributed by atoms with Gasteiger partial charge in [0.15, 0.2) is 11.8 Å². The summed E-state index contributed by atoms with van der Waals surface area (Å²) in [5.74, 6) is 2.52. The molecule has 0 unspecified atom stereocenters. The van der Waals surface area contributed by atoms with Crippen molar-refractivity contribution in [2.75, 3.05) is 26.7 Å². The molecule has 0 saturated carbocycles. The van der Waals surface area contributed by atoms with E-state index in [4.69, 9.17) is 4.52 Å². The van der Waals surface area contributed by atoms with Crippen molar-refractivity contribution in [2.45, 2.75) is 72.4 Å². The van der Waals surface area contributed by atoms with Gasteiger partial charge in [-0.25, -0.2) is 0 Å². The molecule has 0 radical (unpaired) electrons. The summed E-state index contributed by atoms with van der Waals surface area (Å²) < 4.78 is 5.24. The molecule has 0 spiro atoms. The SMILES string of the molecule is CN=C(NCCCN(C(C)C)C(C)C)NCCc1nc(C(C)C)no1.I. The predicted molar refractivity (Wildman–Crippen MR) is 118 cm³/mol. The van der Waals surface area contributed by atoms with Crippen molar-refractivity contribution in [1.82, 2.24) is 25.7 Å². The maximum absolute atomic E-state index is 5.24. The summed E-state index contributed by atoms with van der Waals surface area (Å²) in [4.78, 5) is 11.1. The topological polar surface area (TPSA) is 78.6 Å². The third kappa shape index (κ3) is 9.16. The molecule has 0 bridgehead atoms. The second kappa shape index (κ2) is 13.3. The van der Waals surface area contributed by atoms with E-state index in [2.05, 4.69) is 72.2 Å². The molecule has 0 saturated heterocycles. The third-order valence-electron chi connectivity index (χ3n) is 4.07. The van der Waals surface area contributed by atoms with E-state index in [1.807, 2.05) is 0 Å². The summed E-state index contributed by atoms with van der Waals surface area (Å²) in [6.07, 6.45) is 1.77. The first-order valence-electron chi connectivity index (χ1n) is 9.37. The van der Waals surface area contributed by atoms with E-state index in [1.54, 1.807) is 7.05 Å². The number of nitrogens with zero attached hydrogens (tertiary/aromatic N) is 4. The van der Waals surface area contributed by atoms with E-state index in [-0.39, 0.29) is 29.9 Å². The average molecular weight is 480 g/mol. The third-order valence-corrected chi connectivity index (χ3v) is 4.07. The highest BCUT2D eigenvalue weighted by Crippen LogP contribution is 2.09. The first kappa shape index (κ1) is 25.1. The maximum atomic E-state index is 5.24. The quantitative estimate of drug-likeness (QED) is 0.232. The van der Waals surface area contributed by atoms with Crippen molar-refractivity contribution in [3.8, 4) is 0 Å². The molecule has 0 aliphatic carbocycles. The molecule has 2 N–H and O–H groups in total. The van der Waals surface area contributed by atoms with Crippen LogP contribution in [0.4, 0.5) is 0 Å². The molecular formula is C18H37IN6O. The Balaban J connectivity index is 0.00000625. The molecule has 1 aromatic rings. The Morgan fingerprint density at radius 3 is 2.19 bits per heavy atom. The van der Waals surface area contributed by atoms with Crippen LogP contribution in [0.15, 0.2) is 9.52 Å². The van der Waals surface area contributed by atoms with Gasteiger partial charge in [-0.05, 0) is 34.1 Å². The number of hydrogen-bond acceptors (Lipinski definition) is 5. The van der Waals surface area contributed by atoms with E-state index in [1.165, 1.54) is 0 Å². The minimum atomic E-state index is 0. The van der Waals surface area contributed by atoms with Crippen molar-refractivity contribution in [3.05, 3.63) is 11.7 Å². The summed E-state index contributed by atoms with van der Waals surface area (Å²) in [6, 6.07) is 1.14. The van der Waals surface area contributed by atoms with Crippen LogP contribution in [0.25, 0.3) is 0 Å². The first-order chi connectivity index (χ1) is 11.8. The average Bonchev–Trinajstić information content (AvgIpc) is 3.01. The molecule has 0 amide bonds. The van der Waals surface area contributed by atoms with Gasteiger partial charge in [0.05, 0.1) is 0 Å². The fourth-order valence-corrected chi connectivity index (χ4v) is 2.69. The summed E-state index contributed by atoms with van der Waals surface area (Å²) in [5.41, 5.74) is 0. The first-order valence-corrected chi connectivity index (χ1v) is 9.37. The molecule has 1 aromatic heterocycles. The highest BCUT2D eigenvalue weighted by atomic mass is 127. The second-order valence-electron chi connectivity index (χ2n) is 7.16. The molecule has 8 heteroatoms. The molecular weight excluding hydrogens is 443 g/mol. The fourth-order valence-electron chi connectivity index (χ4n) is 2.69. The van der Waals surface area contributed by atoms with Gasteiger partial charge in [0.2, 0.25) is 5.89 Å². The Kier molecular flexibility index (Phi) is 12.8. The zero-order valence-corrected chi connectivity index (χ0v) is 19.7. The maximum Gasteiger partial charge on any atom is 0.228 e. The highest BCUT2D eigenvalue weighted by Gasteiger charge is 2.12. The number of hydrogen-bond donors (Lipinski definition) is 2. The molecule has 1 rings (SSSR count). The van der Waals surface area contributed by atoms with Gasteiger partial charge >= 0.3 is 0 Å². The molecule has 152 valence electrons. The number of aliphatic imine (C=N–C) groups is 1. The van der Waals surface area contributed by atoms with Gasteiger partial charge in [0.1, 0.15) is 0 Å². The minimum Gasteiger partial charge on any atom is -0.356 e. The molecule has 1 heterocycles. The smallest absolute Gasteiger partial charge is 0.228 e. The number of halogens is 1. The lowest BCUT2D eigenvalue weighted by atomic mass is 10.2. The summed E-state index contributed by atoms with van der Waals surface area (Å²) >= 11 is 0. The molecule has 0 aliphatic heterocycles. The molecule has 0 atom stereocenters. The van der Waals surface area contributed by atoms with Crippen LogP contribution in [-0.2, 0) is 6.42 Å². The Hall–Kier alpha value is -0.900. The normalized spacial score (nSPS) is 12.2. The second-order valence-corrected chi connectivity index (χ2v) is 7.16. The number of guanidine groups is 1. The highest BCUT2D eigenvalue weighted by molar-refractivity contribution is 14.0. The van der Waals surface area contributed by atoms with Gasteiger partial charge in [0.25, 0.3) is 0 Å². The van der Waals surface area contributed by atoms with Crippen molar-refractivity contribution in [2.24, 2.45) is 4.99 Å². The van der Waals surface area contributed by atoms with E-state index >= 15 is 0 Å². The largest absolute Gasteiger partial charge is 0.356 e. The van der Waals surface area contributed by atoms with Gasteiger partial charge in [-0.1, -0.05) is 19.0 Å². The Bertz CT molecular complexity index is 508. The lowest BCUT2D eigenvalue weighted by Gasteiger charge is -2.30. The zero-order valence-electron chi connectivity index (χ0n) is 17.4. The lowest BCUT2D eigenvalue weighted by molar-refractivity contribution is 0.173. The fraction of sp³-hybridized carbons (Fsp3) is 0.833. The van der Waals surface area contributed by atoms with Crippen LogP contribution in [0.2, 0.25) is 0 Å². The van der Waals surface area contributed by atoms with Crippen LogP contribution in [0.5, 0.6) is 0 Å². The van der Waals surface area contributed by atoms with E-state index in [0.717, 1.165) is 31.3 Å². The number of aromatic nitrogens is 2. The van der Waals surface area contributed by atoms with Crippen molar-refractivity contribution in [1.29, 1.82) is 0 Å². The van der Waals surface area contributed by atoms with Gasteiger partial charge < -0.3 is 15.2 Å². The van der Waals surface area contributed by atoms with Crippen molar-refractivity contribution in [3.63, 3.8) is 0 Å². The van der Waals surface area contributed by atoms with E-state index < -0.39 is 0 Å². The van der Waals surface area contributed by atoms with Crippen LogP contribution in [0.1, 0.15) is 65.6 Å². The van der Waals surface area contributed by atoms with Crippen molar-refractivity contribution >= 4 is 29.9 Å². The Labute approximate surface area is 175 Å². The predicted octanol–water partition coefficient (Wildman–Crippen LogP) is 3.03. The number of rotatable bonds is 10. The lowest BCUT2D eigenvalue weighted by Crippen LogP contribution is -2.41. The molecule has 0 aromatic carbocycles. The zero-order chi connectivity index (χ0) is 18.8. The van der Waals surface area contributed by atoms with Crippen LogP contribution in [-0.4, -0.2) is 59.8 Å². The molecule has 26 heavy (non-hydrogen) atoms. The standard InChI is InChI=1S/C18H36N6O.HI/c1-13(2)17-22-16(25-23-17)9-11-21-18(19-7)20-10-8-12-24(14(3)4)15(5)6;/h13-15H,8-12H2,1-7H3,(H2,19,20,21);1H.